The highest BCUT2D eigenvalue weighted by molar-refractivity contribution is 6.53. The van der Waals surface area contributed by atoms with E-state index in [2.05, 4.69) is 15.5 Å². The van der Waals surface area contributed by atoms with Gasteiger partial charge in [0.1, 0.15) is 4.33 Å². The Labute approximate surface area is 110 Å². The molecule has 94 valence electrons. The summed E-state index contributed by atoms with van der Waals surface area (Å²) in [5.41, 5.74) is 1.20. The van der Waals surface area contributed by atoms with Crippen LogP contribution < -0.4 is 5.32 Å². The van der Waals surface area contributed by atoms with E-state index in [9.17, 15) is 4.79 Å². The summed E-state index contributed by atoms with van der Waals surface area (Å²) in [5.74, 6) is -0.116. The minimum absolute atomic E-state index is 0.116. The number of hydrogen-bond donors (Lipinski definition) is 2. The topological polar surface area (TPSA) is 57.8 Å². The van der Waals surface area contributed by atoms with Crippen LogP contribution in [0.1, 0.15) is 31.7 Å². The third kappa shape index (κ3) is 2.29. The van der Waals surface area contributed by atoms with Crippen LogP contribution in [0.3, 0.4) is 0 Å². The second kappa shape index (κ2) is 4.18. The van der Waals surface area contributed by atoms with Gasteiger partial charge in [-0.3, -0.25) is 9.89 Å². The minimum Gasteiger partial charge on any atom is -0.350 e. The number of nitrogens with one attached hydrogen (secondary N) is 2. The monoisotopic (exact) mass is 275 g/mol. The van der Waals surface area contributed by atoms with E-state index < -0.39 is 9.75 Å². The molecule has 1 aromatic rings. The summed E-state index contributed by atoms with van der Waals surface area (Å²) in [5, 5.41) is 9.78. The number of carbonyl (C=O) groups excluding carboxylic acids is 1. The Morgan fingerprint density at radius 2 is 2.29 bits per heavy atom. The van der Waals surface area contributed by atoms with Crippen LogP contribution in [0.4, 0.5) is 0 Å². The summed E-state index contributed by atoms with van der Waals surface area (Å²) in [7, 11) is 0. The Hall–Kier alpha value is -0.740. The SMILES string of the molecule is CCc1cc(CNC(=O)[C@@]2(C)CC2(Cl)Cl)[nH]n1. The molecule has 1 saturated carbocycles. The van der Waals surface area contributed by atoms with Crippen LogP contribution in [0.5, 0.6) is 0 Å². The van der Waals surface area contributed by atoms with Crippen molar-refractivity contribution in [1.29, 1.82) is 0 Å². The lowest BCUT2D eigenvalue weighted by Crippen LogP contribution is -2.32. The van der Waals surface area contributed by atoms with Crippen LogP contribution in [-0.4, -0.2) is 20.4 Å². The second-order valence-corrected chi connectivity index (χ2v) is 6.12. The standard InChI is InChI=1S/C11H15Cl2N3O/c1-3-7-4-8(16-15-7)5-14-9(17)10(2)6-11(10,12)13/h4H,3,5-6H2,1-2H3,(H,14,17)(H,15,16)/t10-/m1/s1. The summed E-state index contributed by atoms with van der Waals surface area (Å²) in [6.45, 7) is 4.22. The van der Waals surface area contributed by atoms with Gasteiger partial charge >= 0.3 is 0 Å². The first-order valence-electron chi connectivity index (χ1n) is 5.58. The van der Waals surface area contributed by atoms with Crippen LogP contribution in [0, 0.1) is 5.41 Å². The number of carbonyl (C=O) groups is 1. The van der Waals surface area contributed by atoms with Gasteiger partial charge < -0.3 is 5.32 Å². The van der Waals surface area contributed by atoms with Crippen molar-refractivity contribution >= 4 is 29.1 Å². The molecular formula is C11H15Cl2N3O. The van der Waals surface area contributed by atoms with Gasteiger partial charge in [-0.15, -0.1) is 23.2 Å². The highest BCUT2D eigenvalue weighted by atomic mass is 35.5. The zero-order chi connectivity index (χ0) is 12.7. The zero-order valence-electron chi connectivity index (χ0n) is 9.81. The molecule has 0 saturated heterocycles. The number of aromatic nitrogens is 2. The fourth-order valence-corrected chi connectivity index (χ4v) is 2.40. The van der Waals surface area contributed by atoms with Crippen molar-refractivity contribution in [2.45, 2.75) is 37.6 Å². The molecule has 2 rings (SSSR count). The van der Waals surface area contributed by atoms with Crippen LogP contribution in [0.25, 0.3) is 0 Å². The average Bonchev–Trinajstić information content (AvgIpc) is 2.68. The van der Waals surface area contributed by atoms with Gasteiger partial charge in [0.05, 0.1) is 23.3 Å². The smallest absolute Gasteiger partial charge is 0.229 e. The van der Waals surface area contributed by atoms with E-state index in [4.69, 9.17) is 23.2 Å². The van der Waals surface area contributed by atoms with Gasteiger partial charge in [0, 0.05) is 0 Å². The fraction of sp³-hybridized carbons (Fsp3) is 0.636. The van der Waals surface area contributed by atoms with E-state index in [0.29, 0.717) is 13.0 Å². The molecule has 4 nitrogen and oxygen atoms in total. The predicted molar refractivity (Wildman–Crippen MR) is 67.0 cm³/mol. The van der Waals surface area contributed by atoms with E-state index in [0.717, 1.165) is 17.8 Å². The third-order valence-electron chi connectivity index (χ3n) is 3.24. The van der Waals surface area contributed by atoms with Gasteiger partial charge in [-0.25, -0.2) is 0 Å². The molecule has 17 heavy (non-hydrogen) atoms. The molecule has 1 aliphatic rings. The number of alkyl halides is 2. The van der Waals surface area contributed by atoms with Gasteiger partial charge in [0.25, 0.3) is 0 Å². The van der Waals surface area contributed by atoms with Crippen LogP contribution in [-0.2, 0) is 17.8 Å². The molecule has 1 heterocycles. The fourth-order valence-electron chi connectivity index (χ4n) is 1.70. The van der Waals surface area contributed by atoms with Gasteiger partial charge in [-0.1, -0.05) is 6.92 Å². The van der Waals surface area contributed by atoms with Crippen molar-refractivity contribution in [2.75, 3.05) is 0 Å². The number of halogens is 2. The highest BCUT2D eigenvalue weighted by Gasteiger charge is 2.67. The number of hydrogen-bond acceptors (Lipinski definition) is 2. The first kappa shape index (κ1) is 12.7. The summed E-state index contributed by atoms with van der Waals surface area (Å²) in [6, 6.07) is 1.93. The van der Waals surface area contributed by atoms with Crippen molar-refractivity contribution in [1.82, 2.24) is 15.5 Å². The molecule has 1 amide bonds. The van der Waals surface area contributed by atoms with Crippen molar-refractivity contribution in [3.8, 4) is 0 Å². The lowest BCUT2D eigenvalue weighted by Gasteiger charge is -2.11. The van der Waals surface area contributed by atoms with Crippen LogP contribution >= 0.6 is 23.2 Å². The molecule has 1 aliphatic carbocycles. The van der Waals surface area contributed by atoms with E-state index in [1.54, 1.807) is 6.92 Å². The molecule has 2 N–H and O–H groups in total. The Bertz CT molecular complexity index is 444. The number of rotatable bonds is 4. The normalized spacial score (nSPS) is 25.6. The van der Waals surface area contributed by atoms with Gasteiger partial charge in [-0.05, 0) is 25.8 Å². The second-order valence-electron chi connectivity index (χ2n) is 4.63. The Morgan fingerprint density at radius 1 is 1.65 bits per heavy atom. The summed E-state index contributed by atoms with van der Waals surface area (Å²) in [4.78, 5) is 11.9. The minimum atomic E-state index is -0.917. The molecule has 1 fully saturated rings. The molecule has 1 aromatic heterocycles. The maximum absolute atomic E-state index is 11.9. The Balaban J connectivity index is 1.89. The predicted octanol–water partition coefficient (Wildman–Crippen LogP) is 2.17. The van der Waals surface area contributed by atoms with Crippen LogP contribution in [0.2, 0.25) is 0 Å². The largest absolute Gasteiger partial charge is 0.350 e. The molecule has 0 aliphatic heterocycles. The lowest BCUT2D eigenvalue weighted by molar-refractivity contribution is -0.125. The first-order chi connectivity index (χ1) is 7.89. The molecule has 0 aromatic carbocycles. The van der Waals surface area contributed by atoms with E-state index in [1.807, 2.05) is 13.0 Å². The van der Waals surface area contributed by atoms with Gasteiger partial charge in [0.15, 0.2) is 0 Å². The van der Waals surface area contributed by atoms with Crippen molar-refractivity contribution in [2.24, 2.45) is 5.41 Å². The maximum atomic E-state index is 11.9. The summed E-state index contributed by atoms with van der Waals surface area (Å²) in [6.07, 6.45) is 1.37. The number of aromatic amines is 1. The van der Waals surface area contributed by atoms with E-state index in [1.165, 1.54) is 0 Å². The lowest BCUT2D eigenvalue weighted by atomic mass is 10.1. The molecule has 0 unspecified atom stereocenters. The van der Waals surface area contributed by atoms with E-state index in [-0.39, 0.29) is 5.91 Å². The van der Waals surface area contributed by atoms with Crippen LogP contribution in [0.15, 0.2) is 6.07 Å². The zero-order valence-corrected chi connectivity index (χ0v) is 11.3. The summed E-state index contributed by atoms with van der Waals surface area (Å²) >= 11 is 11.9. The first-order valence-corrected chi connectivity index (χ1v) is 6.34. The molecule has 0 bridgehead atoms. The molecule has 0 spiro atoms. The third-order valence-corrected chi connectivity index (χ3v) is 4.35. The number of aryl methyl sites for hydroxylation is 1. The molecule has 1 atom stereocenters. The average molecular weight is 276 g/mol. The molecular weight excluding hydrogens is 261 g/mol. The van der Waals surface area contributed by atoms with Crippen molar-refractivity contribution in [3.63, 3.8) is 0 Å². The van der Waals surface area contributed by atoms with E-state index >= 15 is 0 Å². The quantitative estimate of drug-likeness (QED) is 0.828. The Kier molecular flexibility index (Phi) is 3.12. The van der Waals surface area contributed by atoms with Crippen molar-refractivity contribution in [3.05, 3.63) is 17.5 Å². The molecule has 6 heteroatoms. The number of nitrogens with zero attached hydrogens (tertiary/aromatic N) is 1. The van der Waals surface area contributed by atoms with Gasteiger partial charge in [-0.2, -0.15) is 5.10 Å². The Morgan fingerprint density at radius 3 is 2.76 bits per heavy atom. The van der Waals surface area contributed by atoms with Gasteiger partial charge in [0.2, 0.25) is 5.91 Å². The van der Waals surface area contributed by atoms with Crippen molar-refractivity contribution < 1.29 is 4.79 Å². The highest BCUT2D eigenvalue weighted by Crippen LogP contribution is 2.63. The summed E-state index contributed by atoms with van der Waals surface area (Å²) < 4.78 is -0.917. The number of H-pyrrole nitrogens is 1. The number of amides is 1. The molecule has 0 radical (unpaired) electrons. The maximum Gasteiger partial charge on any atom is 0.229 e.